The first kappa shape index (κ1) is 14.4. The molecule has 2 rings (SSSR count). The molecule has 0 heterocycles. The second-order valence-corrected chi connectivity index (χ2v) is 5.71. The lowest BCUT2D eigenvalue weighted by Crippen LogP contribution is -2.02. The Morgan fingerprint density at radius 1 is 0.650 bits per heavy atom. The van der Waals surface area contributed by atoms with E-state index in [2.05, 4.69) is 19.1 Å². The van der Waals surface area contributed by atoms with Crippen LogP contribution in [0.5, 0.6) is 11.5 Å². The molecule has 2 aromatic carbocycles. The molecule has 106 valence electrons. The predicted molar refractivity (Wildman–Crippen MR) is 82.7 cm³/mol. The smallest absolute Gasteiger partial charge is 0.118 e. The molecule has 0 saturated heterocycles. The molecule has 0 aliphatic rings. The summed E-state index contributed by atoms with van der Waals surface area (Å²) in [6.07, 6.45) is 0. The van der Waals surface area contributed by atoms with Crippen molar-refractivity contribution in [3.8, 4) is 11.5 Å². The van der Waals surface area contributed by atoms with Crippen molar-refractivity contribution in [3.05, 3.63) is 57.6 Å². The predicted octanol–water partition coefficient (Wildman–Crippen LogP) is 4.48. The van der Waals surface area contributed by atoms with E-state index < -0.39 is 0 Å². The highest BCUT2D eigenvalue weighted by Crippen LogP contribution is 2.34. The second kappa shape index (κ2) is 5.20. The Morgan fingerprint density at radius 3 is 1.35 bits per heavy atom. The maximum Gasteiger partial charge on any atom is 0.118 e. The van der Waals surface area contributed by atoms with Crippen LogP contribution in [-0.2, 0) is 0 Å². The molecule has 0 aliphatic carbocycles. The molecule has 0 amide bonds. The Bertz CT molecular complexity index is 599. The number of rotatable bonds is 2. The number of phenols is 2. The molecule has 0 saturated carbocycles. The molecule has 0 fully saturated rings. The molecule has 2 nitrogen and oxygen atoms in total. The zero-order valence-electron chi connectivity index (χ0n) is 12.8. The minimum absolute atomic E-state index is 0.230. The van der Waals surface area contributed by atoms with Gasteiger partial charge in [0.05, 0.1) is 0 Å². The van der Waals surface area contributed by atoms with Gasteiger partial charge in [0.25, 0.3) is 0 Å². The second-order valence-electron chi connectivity index (χ2n) is 5.71. The third kappa shape index (κ3) is 2.51. The van der Waals surface area contributed by atoms with E-state index in [0.717, 1.165) is 22.3 Å². The van der Waals surface area contributed by atoms with Gasteiger partial charge in [-0.3, -0.25) is 0 Å². The average Bonchev–Trinajstić information content (AvgIpc) is 2.37. The van der Waals surface area contributed by atoms with Crippen LogP contribution in [0.15, 0.2) is 24.3 Å². The Kier molecular flexibility index (Phi) is 3.76. The highest BCUT2D eigenvalue weighted by Gasteiger charge is 2.16. The van der Waals surface area contributed by atoms with Crippen molar-refractivity contribution in [3.63, 3.8) is 0 Å². The van der Waals surface area contributed by atoms with Crippen LogP contribution in [0.1, 0.15) is 46.2 Å². The summed E-state index contributed by atoms with van der Waals surface area (Å²) in [5.74, 6) is 0.919. The van der Waals surface area contributed by atoms with E-state index in [1.54, 1.807) is 0 Å². The van der Waals surface area contributed by atoms with E-state index in [9.17, 15) is 10.2 Å². The van der Waals surface area contributed by atoms with Crippen molar-refractivity contribution in [1.82, 2.24) is 0 Å². The van der Waals surface area contributed by atoms with Gasteiger partial charge in [0.1, 0.15) is 11.5 Å². The van der Waals surface area contributed by atoms with Crippen molar-refractivity contribution >= 4 is 0 Å². The fraction of sp³-hybridized carbons (Fsp3) is 0.333. The molecule has 20 heavy (non-hydrogen) atoms. The Morgan fingerprint density at radius 2 is 1.00 bits per heavy atom. The number of aromatic hydroxyl groups is 2. The Balaban J connectivity index is 2.54. The van der Waals surface area contributed by atoms with Crippen LogP contribution < -0.4 is 0 Å². The molecule has 2 aromatic rings. The van der Waals surface area contributed by atoms with Crippen molar-refractivity contribution < 1.29 is 10.2 Å². The van der Waals surface area contributed by atoms with Crippen molar-refractivity contribution in [2.24, 2.45) is 0 Å². The van der Waals surface area contributed by atoms with Gasteiger partial charge in [-0.1, -0.05) is 19.1 Å². The third-order valence-corrected chi connectivity index (χ3v) is 4.10. The summed E-state index contributed by atoms with van der Waals surface area (Å²) in [7, 11) is 0. The number of hydrogen-bond acceptors (Lipinski definition) is 2. The summed E-state index contributed by atoms with van der Waals surface area (Å²) in [5.41, 5.74) is 6.40. The topological polar surface area (TPSA) is 40.5 Å². The lowest BCUT2D eigenvalue weighted by molar-refractivity contribution is 0.470. The van der Waals surface area contributed by atoms with Crippen LogP contribution in [0.3, 0.4) is 0 Å². The van der Waals surface area contributed by atoms with Gasteiger partial charge in [-0.25, -0.2) is 0 Å². The number of hydrogen-bond donors (Lipinski definition) is 2. The van der Waals surface area contributed by atoms with Gasteiger partial charge in [0, 0.05) is 5.92 Å². The lowest BCUT2D eigenvalue weighted by Gasteiger charge is -2.20. The Hall–Kier alpha value is -1.96. The summed E-state index contributed by atoms with van der Waals surface area (Å²) >= 11 is 0. The summed E-state index contributed by atoms with van der Waals surface area (Å²) in [6.45, 7) is 10.0. The molecule has 0 atom stereocenters. The van der Waals surface area contributed by atoms with E-state index in [1.807, 2.05) is 39.8 Å². The van der Waals surface area contributed by atoms with E-state index in [-0.39, 0.29) is 5.92 Å². The molecular formula is C18H22O2. The van der Waals surface area contributed by atoms with E-state index in [0.29, 0.717) is 11.5 Å². The number of benzene rings is 2. The standard InChI is InChI=1S/C18H22O2/c1-10-8-17(19)12(3)6-15(10)14(5)16-7-13(4)18(20)9-11(16)2/h6-9,14,19-20H,1-5H3. The van der Waals surface area contributed by atoms with Gasteiger partial charge >= 0.3 is 0 Å². The van der Waals surface area contributed by atoms with E-state index >= 15 is 0 Å². The van der Waals surface area contributed by atoms with Crippen LogP contribution in [-0.4, -0.2) is 10.2 Å². The maximum atomic E-state index is 9.78. The fourth-order valence-corrected chi connectivity index (χ4v) is 2.75. The number of phenolic OH excluding ortho intramolecular Hbond substituents is 2. The van der Waals surface area contributed by atoms with Gasteiger partial charge in [-0.05, 0) is 73.2 Å². The normalized spacial score (nSPS) is 11.1. The van der Waals surface area contributed by atoms with Crippen molar-refractivity contribution in [2.75, 3.05) is 0 Å². The van der Waals surface area contributed by atoms with Gasteiger partial charge in [-0.15, -0.1) is 0 Å². The van der Waals surface area contributed by atoms with Crippen molar-refractivity contribution in [2.45, 2.75) is 40.5 Å². The van der Waals surface area contributed by atoms with Gasteiger partial charge in [0.2, 0.25) is 0 Å². The minimum Gasteiger partial charge on any atom is -0.508 e. The SMILES string of the molecule is Cc1cc(C(C)c2cc(C)c(O)cc2C)c(C)cc1O. The molecule has 0 aliphatic heterocycles. The third-order valence-electron chi connectivity index (χ3n) is 4.10. The van der Waals surface area contributed by atoms with E-state index in [4.69, 9.17) is 0 Å². The molecule has 0 bridgehead atoms. The Labute approximate surface area is 120 Å². The van der Waals surface area contributed by atoms with Gasteiger partial charge in [-0.2, -0.15) is 0 Å². The molecular weight excluding hydrogens is 248 g/mol. The summed E-state index contributed by atoms with van der Waals surface area (Å²) in [6, 6.07) is 7.75. The first-order valence-electron chi connectivity index (χ1n) is 6.91. The highest BCUT2D eigenvalue weighted by molar-refractivity contribution is 5.49. The molecule has 2 heteroatoms. The summed E-state index contributed by atoms with van der Waals surface area (Å²) < 4.78 is 0. The zero-order valence-corrected chi connectivity index (χ0v) is 12.8. The lowest BCUT2D eigenvalue weighted by atomic mass is 9.86. The largest absolute Gasteiger partial charge is 0.508 e. The molecule has 0 unspecified atom stereocenters. The average molecular weight is 270 g/mol. The minimum atomic E-state index is 0.230. The van der Waals surface area contributed by atoms with E-state index in [1.165, 1.54) is 11.1 Å². The first-order valence-corrected chi connectivity index (χ1v) is 6.91. The summed E-state index contributed by atoms with van der Waals surface area (Å²) in [5, 5.41) is 19.6. The molecule has 0 radical (unpaired) electrons. The highest BCUT2D eigenvalue weighted by atomic mass is 16.3. The molecule has 0 aromatic heterocycles. The van der Waals surface area contributed by atoms with Crippen LogP contribution in [0.4, 0.5) is 0 Å². The van der Waals surface area contributed by atoms with Gasteiger partial charge < -0.3 is 10.2 Å². The summed E-state index contributed by atoms with van der Waals surface area (Å²) in [4.78, 5) is 0. The van der Waals surface area contributed by atoms with Crippen LogP contribution in [0.25, 0.3) is 0 Å². The quantitative estimate of drug-likeness (QED) is 0.844. The zero-order chi connectivity index (χ0) is 15.0. The van der Waals surface area contributed by atoms with Crippen LogP contribution >= 0.6 is 0 Å². The number of aryl methyl sites for hydroxylation is 4. The van der Waals surface area contributed by atoms with Crippen LogP contribution in [0.2, 0.25) is 0 Å². The maximum absolute atomic E-state index is 9.78. The monoisotopic (exact) mass is 270 g/mol. The van der Waals surface area contributed by atoms with Gasteiger partial charge in [0.15, 0.2) is 0 Å². The van der Waals surface area contributed by atoms with Crippen LogP contribution in [0, 0.1) is 27.7 Å². The molecule has 2 N–H and O–H groups in total. The molecule has 0 spiro atoms. The first-order chi connectivity index (χ1) is 9.31. The fourth-order valence-electron chi connectivity index (χ4n) is 2.75. The van der Waals surface area contributed by atoms with Crippen molar-refractivity contribution in [1.29, 1.82) is 0 Å².